The van der Waals surface area contributed by atoms with E-state index in [0.29, 0.717) is 5.92 Å². The Kier molecular flexibility index (Phi) is 6.23. The molecule has 17 heavy (non-hydrogen) atoms. The predicted molar refractivity (Wildman–Crippen MR) is 73.4 cm³/mol. The van der Waals surface area contributed by atoms with Crippen LogP contribution in [0, 0.1) is 19.8 Å². The first-order valence-electron chi connectivity index (χ1n) is 6.55. The van der Waals surface area contributed by atoms with Crippen molar-refractivity contribution in [2.24, 2.45) is 5.92 Å². The fraction of sp³-hybridized carbons (Fsp3) is 0.600. The average molecular weight is 235 g/mol. The van der Waals surface area contributed by atoms with E-state index in [4.69, 9.17) is 5.11 Å². The van der Waals surface area contributed by atoms with Crippen LogP contribution in [0.25, 0.3) is 0 Å². The van der Waals surface area contributed by atoms with Crippen molar-refractivity contribution in [3.05, 3.63) is 34.9 Å². The number of hydrogen-bond acceptors (Lipinski definition) is 2. The number of aryl methyl sites for hydroxylation is 2. The van der Waals surface area contributed by atoms with Crippen LogP contribution in [0.1, 0.15) is 30.0 Å². The van der Waals surface area contributed by atoms with Gasteiger partial charge in [0.2, 0.25) is 0 Å². The van der Waals surface area contributed by atoms with Crippen molar-refractivity contribution in [1.29, 1.82) is 0 Å². The smallest absolute Gasteiger partial charge is 0.0471 e. The maximum Gasteiger partial charge on any atom is 0.0471 e. The van der Waals surface area contributed by atoms with Crippen molar-refractivity contribution in [2.75, 3.05) is 19.7 Å². The van der Waals surface area contributed by atoms with Crippen LogP contribution in [0.4, 0.5) is 0 Å². The van der Waals surface area contributed by atoms with Gasteiger partial charge in [-0.2, -0.15) is 0 Å². The fourth-order valence-electron chi connectivity index (χ4n) is 1.84. The van der Waals surface area contributed by atoms with E-state index in [1.165, 1.54) is 16.7 Å². The first-order valence-corrected chi connectivity index (χ1v) is 6.55. The van der Waals surface area contributed by atoms with Crippen LogP contribution in [0.5, 0.6) is 0 Å². The van der Waals surface area contributed by atoms with Crippen LogP contribution < -0.4 is 5.32 Å². The molecule has 0 radical (unpaired) electrons. The minimum atomic E-state index is 0.285. The van der Waals surface area contributed by atoms with Gasteiger partial charge >= 0.3 is 0 Å². The van der Waals surface area contributed by atoms with Crippen LogP contribution in [-0.2, 0) is 6.42 Å². The summed E-state index contributed by atoms with van der Waals surface area (Å²) in [6.45, 7) is 8.60. The standard InChI is InChI=1S/C15H25NO/c1-4-14(11-17)10-16-8-7-15-6-5-12(2)13(3)9-15/h5-6,9,14,16-17H,4,7-8,10-11H2,1-3H3. The lowest BCUT2D eigenvalue weighted by molar-refractivity contribution is 0.219. The average Bonchev–Trinajstić information content (AvgIpc) is 2.34. The van der Waals surface area contributed by atoms with Crippen LogP contribution in [-0.4, -0.2) is 24.8 Å². The Bertz CT molecular complexity index is 332. The van der Waals surface area contributed by atoms with Gasteiger partial charge in [-0.25, -0.2) is 0 Å². The molecule has 2 heteroatoms. The summed E-state index contributed by atoms with van der Waals surface area (Å²) in [5.74, 6) is 0.398. The highest BCUT2D eigenvalue weighted by Gasteiger charge is 2.03. The molecule has 0 aliphatic heterocycles. The Morgan fingerprint density at radius 1 is 1.24 bits per heavy atom. The monoisotopic (exact) mass is 235 g/mol. The summed E-state index contributed by atoms with van der Waals surface area (Å²) < 4.78 is 0. The zero-order chi connectivity index (χ0) is 12.7. The number of rotatable bonds is 7. The molecule has 0 aromatic heterocycles. The molecule has 2 N–H and O–H groups in total. The zero-order valence-corrected chi connectivity index (χ0v) is 11.3. The number of aliphatic hydroxyl groups is 1. The second-order valence-corrected chi connectivity index (χ2v) is 4.83. The molecule has 0 fully saturated rings. The molecule has 0 saturated carbocycles. The minimum absolute atomic E-state index is 0.285. The molecule has 0 spiro atoms. The van der Waals surface area contributed by atoms with Gasteiger partial charge in [0.15, 0.2) is 0 Å². The maximum atomic E-state index is 9.07. The molecular formula is C15H25NO. The normalized spacial score (nSPS) is 12.7. The first kappa shape index (κ1) is 14.2. The van der Waals surface area contributed by atoms with Gasteiger partial charge in [0.25, 0.3) is 0 Å². The number of benzene rings is 1. The SMILES string of the molecule is CCC(CO)CNCCc1ccc(C)c(C)c1. The molecule has 1 atom stereocenters. The largest absolute Gasteiger partial charge is 0.396 e. The van der Waals surface area contributed by atoms with Crippen molar-refractivity contribution >= 4 is 0 Å². The van der Waals surface area contributed by atoms with E-state index >= 15 is 0 Å². The highest BCUT2D eigenvalue weighted by atomic mass is 16.3. The number of hydrogen-bond donors (Lipinski definition) is 2. The Balaban J connectivity index is 2.28. The van der Waals surface area contributed by atoms with Crippen LogP contribution in [0.2, 0.25) is 0 Å². The van der Waals surface area contributed by atoms with Crippen molar-refractivity contribution in [3.8, 4) is 0 Å². The maximum absolute atomic E-state index is 9.07. The van der Waals surface area contributed by atoms with Gasteiger partial charge < -0.3 is 10.4 Å². The van der Waals surface area contributed by atoms with Gasteiger partial charge in [-0.1, -0.05) is 25.1 Å². The van der Waals surface area contributed by atoms with Crippen molar-refractivity contribution < 1.29 is 5.11 Å². The lowest BCUT2D eigenvalue weighted by Crippen LogP contribution is -2.26. The van der Waals surface area contributed by atoms with Gasteiger partial charge in [-0.3, -0.25) is 0 Å². The molecule has 96 valence electrons. The molecule has 1 unspecified atom stereocenters. The van der Waals surface area contributed by atoms with Crippen LogP contribution in [0.15, 0.2) is 18.2 Å². The fourth-order valence-corrected chi connectivity index (χ4v) is 1.84. The van der Waals surface area contributed by atoms with Crippen molar-refractivity contribution in [2.45, 2.75) is 33.6 Å². The van der Waals surface area contributed by atoms with E-state index in [1.54, 1.807) is 0 Å². The molecule has 0 aliphatic carbocycles. The second-order valence-electron chi connectivity index (χ2n) is 4.83. The summed E-state index contributed by atoms with van der Waals surface area (Å²) >= 11 is 0. The second kappa shape index (κ2) is 7.46. The summed E-state index contributed by atoms with van der Waals surface area (Å²) in [7, 11) is 0. The Hall–Kier alpha value is -0.860. The Morgan fingerprint density at radius 2 is 2.00 bits per heavy atom. The Morgan fingerprint density at radius 3 is 2.59 bits per heavy atom. The minimum Gasteiger partial charge on any atom is -0.396 e. The van der Waals surface area contributed by atoms with E-state index in [2.05, 4.69) is 44.3 Å². The third-order valence-electron chi connectivity index (χ3n) is 3.43. The molecular weight excluding hydrogens is 210 g/mol. The van der Waals surface area contributed by atoms with E-state index < -0.39 is 0 Å². The summed E-state index contributed by atoms with van der Waals surface area (Å²) in [4.78, 5) is 0. The van der Waals surface area contributed by atoms with Gasteiger partial charge in [0.05, 0.1) is 0 Å². The molecule has 0 aliphatic rings. The molecule has 2 nitrogen and oxygen atoms in total. The molecule has 0 heterocycles. The quantitative estimate of drug-likeness (QED) is 0.712. The highest BCUT2D eigenvalue weighted by molar-refractivity contribution is 5.29. The van der Waals surface area contributed by atoms with Gasteiger partial charge in [-0.05, 0) is 55.8 Å². The zero-order valence-electron chi connectivity index (χ0n) is 11.3. The molecule has 0 bridgehead atoms. The lowest BCUT2D eigenvalue weighted by Gasteiger charge is -2.12. The summed E-state index contributed by atoms with van der Waals surface area (Å²) in [6.07, 6.45) is 2.09. The highest BCUT2D eigenvalue weighted by Crippen LogP contribution is 2.10. The van der Waals surface area contributed by atoms with Crippen LogP contribution >= 0.6 is 0 Å². The molecule has 1 aromatic rings. The Labute approximate surface area is 105 Å². The summed E-state index contributed by atoms with van der Waals surface area (Å²) in [6, 6.07) is 6.65. The van der Waals surface area contributed by atoms with Gasteiger partial charge in [0, 0.05) is 13.2 Å². The molecule has 1 rings (SSSR count). The molecule has 1 aromatic carbocycles. The first-order chi connectivity index (χ1) is 8.17. The number of nitrogens with one attached hydrogen (secondary N) is 1. The molecule has 0 amide bonds. The number of aliphatic hydroxyl groups excluding tert-OH is 1. The van der Waals surface area contributed by atoms with Crippen molar-refractivity contribution in [3.63, 3.8) is 0 Å². The van der Waals surface area contributed by atoms with E-state index in [0.717, 1.165) is 25.9 Å². The van der Waals surface area contributed by atoms with Gasteiger partial charge in [0.1, 0.15) is 0 Å². The van der Waals surface area contributed by atoms with E-state index in [1.807, 2.05) is 0 Å². The van der Waals surface area contributed by atoms with Crippen LogP contribution in [0.3, 0.4) is 0 Å². The van der Waals surface area contributed by atoms with E-state index in [-0.39, 0.29) is 6.61 Å². The predicted octanol–water partition coefficient (Wildman–Crippen LogP) is 2.45. The summed E-state index contributed by atoms with van der Waals surface area (Å²) in [5, 5.41) is 12.5. The molecule has 0 saturated heterocycles. The van der Waals surface area contributed by atoms with Gasteiger partial charge in [-0.15, -0.1) is 0 Å². The topological polar surface area (TPSA) is 32.3 Å². The summed E-state index contributed by atoms with van der Waals surface area (Å²) in [5.41, 5.74) is 4.11. The third-order valence-corrected chi connectivity index (χ3v) is 3.43. The van der Waals surface area contributed by atoms with E-state index in [9.17, 15) is 0 Å². The third kappa shape index (κ3) is 4.88. The lowest BCUT2D eigenvalue weighted by atomic mass is 10.0. The van der Waals surface area contributed by atoms with Crippen molar-refractivity contribution in [1.82, 2.24) is 5.32 Å².